The van der Waals surface area contributed by atoms with E-state index in [2.05, 4.69) is 30.5 Å². The van der Waals surface area contributed by atoms with Gasteiger partial charge in [0.05, 0.1) is 40.5 Å². The van der Waals surface area contributed by atoms with Crippen molar-refractivity contribution < 1.29 is 9.18 Å². The van der Waals surface area contributed by atoms with Gasteiger partial charge in [0, 0.05) is 34.8 Å². The van der Waals surface area contributed by atoms with E-state index in [4.69, 9.17) is 4.98 Å². The number of nitrogens with one attached hydrogen (secondary N) is 3. The fourth-order valence-corrected chi connectivity index (χ4v) is 4.25. The molecule has 3 N–H and O–H groups in total. The maximum Gasteiger partial charge on any atom is 0.226 e. The van der Waals surface area contributed by atoms with Crippen molar-refractivity contribution in [2.24, 2.45) is 5.92 Å². The maximum atomic E-state index is 13.9. The summed E-state index contributed by atoms with van der Waals surface area (Å²) in [7, 11) is 0. The number of fused-ring (bicyclic) bond motifs is 2. The molecule has 9 heteroatoms. The van der Waals surface area contributed by atoms with Crippen LogP contribution in [0.3, 0.4) is 0 Å². The zero-order chi connectivity index (χ0) is 25.5. The third kappa shape index (κ3) is 4.20. The van der Waals surface area contributed by atoms with E-state index < -0.39 is 0 Å². The number of hydrogen-bond donors (Lipinski definition) is 3. The van der Waals surface area contributed by atoms with E-state index in [1.54, 1.807) is 30.9 Å². The number of hydrogen-bond acceptors (Lipinski definition) is 5. The van der Waals surface area contributed by atoms with Gasteiger partial charge in [-0.1, -0.05) is 26.0 Å². The van der Waals surface area contributed by atoms with Crippen LogP contribution in [0.4, 0.5) is 10.1 Å². The molecule has 0 unspecified atom stereocenters. The van der Waals surface area contributed by atoms with Crippen molar-refractivity contribution in [3.63, 3.8) is 0 Å². The minimum Gasteiger partial charge on any atom is -0.352 e. The second-order valence-electron chi connectivity index (χ2n) is 9.11. The van der Waals surface area contributed by atoms with Crippen LogP contribution in [0.1, 0.15) is 13.8 Å². The number of benzene rings is 1. The molecule has 0 spiro atoms. The summed E-state index contributed by atoms with van der Waals surface area (Å²) in [6.07, 6.45) is 6.78. The molecule has 0 atom stereocenters. The highest BCUT2D eigenvalue weighted by Gasteiger charge is 2.16. The average molecular weight is 492 g/mol. The summed E-state index contributed by atoms with van der Waals surface area (Å²) in [4.78, 5) is 29.0. The average Bonchev–Trinajstić information content (AvgIpc) is 3.52. The van der Waals surface area contributed by atoms with E-state index in [1.807, 2.05) is 44.2 Å². The number of carbonyl (C=O) groups excluding carboxylic acids is 1. The highest BCUT2D eigenvalue weighted by atomic mass is 19.1. The van der Waals surface area contributed by atoms with Gasteiger partial charge in [-0.2, -0.15) is 5.10 Å². The summed E-state index contributed by atoms with van der Waals surface area (Å²) in [5, 5.41) is 11.3. The Morgan fingerprint density at radius 3 is 2.65 bits per heavy atom. The largest absolute Gasteiger partial charge is 0.352 e. The van der Waals surface area contributed by atoms with Crippen LogP contribution >= 0.6 is 0 Å². The fourth-order valence-electron chi connectivity index (χ4n) is 4.25. The van der Waals surface area contributed by atoms with Gasteiger partial charge in [0.25, 0.3) is 0 Å². The van der Waals surface area contributed by atoms with Gasteiger partial charge in [-0.25, -0.2) is 9.37 Å². The zero-order valence-corrected chi connectivity index (χ0v) is 20.1. The Kier molecular flexibility index (Phi) is 5.45. The Bertz CT molecular complexity index is 1790. The molecule has 0 saturated carbocycles. The summed E-state index contributed by atoms with van der Waals surface area (Å²) in [6, 6.07) is 14.1. The van der Waals surface area contributed by atoms with Gasteiger partial charge in [0.1, 0.15) is 17.0 Å². The van der Waals surface area contributed by atoms with Crippen LogP contribution < -0.4 is 5.32 Å². The van der Waals surface area contributed by atoms with Crippen molar-refractivity contribution in [3.05, 3.63) is 79.1 Å². The predicted octanol–water partition coefficient (Wildman–Crippen LogP) is 5.96. The molecular weight excluding hydrogens is 469 g/mol. The van der Waals surface area contributed by atoms with Gasteiger partial charge in [-0.3, -0.25) is 19.9 Å². The van der Waals surface area contributed by atoms with Crippen molar-refractivity contribution in [1.82, 2.24) is 30.1 Å². The van der Waals surface area contributed by atoms with Crippen molar-refractivity contribution in [3.8, 4) is 33.8 Å². The van der Waals surface area contributed by atoms with E-state index >= 15 is 0 Å². The van der Waals surface area contributed by atoms with E-state index in [0.29, 0.717) is 22.6 Å². The fraction of sp³-hybridized carbons (Fsp3) is 0.107. The van der Waals surface area contributed by atoms with E-state index in [1.165, 1.54) is 12.1 Å². The number of amides is 1. The number of pyridine rings is 3. The van der Waals surface area contributed by atoms with E-state index in [9.17, 15) is 9.18 Å². The summed E-state index contributed by atoms with van der Waals surface area (Å²) in [5.41, 5.74) is 7.31. The number of H-pyrrole nitrogens is 2. The van der Waals surface area contributed by atoms with Gasteiger partial charge in [0.15, 0.2) is 0 Å². The lowest BCUT2D eigenvalue weighted by Crippen LogP contribution is -2.17. The molecule has 0 radical (unpaired) electrons. The van der Waals surface area contributed by atoms with E-state index in [0.717, 1.165) is 38.8 Å². The first-order valence-corrected chi connectivity index (χ1v) is 11.8. The normalized spacial score (nSPS) is 11.5. The SMILES string of the molecule is CC(C)C(=O)Nc1cncc(-c2ccc3[nH]nc(-c4cc5c(-c6cccc(F)c6)cncc5[nH]4)c3n2)c1. The van der Waals surface area contributed by atoms with Gasteiger partial charge in [-0.05, 0) is 42.0 Å². The quantitative estimate of drug-likeness (QED) is 0.275. The van der Waals surface area contributed by atoms with Gasteiger partial charge in [0.2, 0.25) is 5.91 Å². The Labute approximate surface area is 211 Å². The molecule has 5 aromatic heterocycles. The van der Waals surface area contributed by atoms with E-state index in [-0.39, 0.29) is 17.6 Å². The molecule has 182 valence electrons. The lowest BCUT2D eigenvalue weighted by atomic mass is 10.0. The number of carbonyl (C=O) groups is 1. The minimum absolute atomic E-state index is 0.0783. The number of rotatable bonds is 5. The second-order valence-corrected chi connectivity index (χ2v) is 9.11. The van der Waals surface area contributed by atoms with Crippen LogP contribution in [-0.2, 0) is 4.79 Å². The van der Waals surface area contributed by atoms with Crippen LogP contribution in [0.2, 0.25) is 0 Å². The molecule has 1 aromatic carbocycles. The van der Waals surface area contributed by atoms with Gasteiger partial charge in [-0.15, -0.1) is 0 Å². The monoisotopic (exact) mass is 491 g/mol. The summed E-state index contributed by atoms with van der Waals surface area (Å²) < 4.78 is 13.9. The highest BCUT2D eigenvalue weighted by molar-refractivity contribution is 6.00. The number of aromatic amines is 2. The van der Waals surface area contributed by atoms with Crippen LogP contribution in [0.5, 0.6) is 0 Å². The molecule has 0 saturated heterocycles. The predicted molar refractivity (Wildman–Crippen MR) is 141 cm³/mol. The Morgan fingerprint density at radius 2 is 1.81 bits per heavy atom. The molecule has 6 aromatic rings. The van der Waals surface area contributed by atoms with Crippen molar-refractivity contribution in [2.75, 3.05) is 5.32 Å². The van der Waals surface area contributed by atoms with Crippen molar-refractivity contribution in [2.45, 2.75) is 13.8 Å². The lowest BCUT2D eigenvalue weighted by Gasteiger charge is -2.08. The second kappa shape index (κ2) is 8.94. The summed E-state index contributed by atoms with van der Waals surface area (Å²) in [5.74, 6) is -0.521. The molecule has 5 heterocycles. The van der Waals surface area contributed by atoms with Crippen LogP contribution in [0.25, 0.3) is 55.7 Å². The lowest BCUT2D eigenvalue weighted by molar-refractivity contribution is -0.118. The standard InChI is InChI=1S/C28H22FN7O/c1-15(2)28(37)32-19-9-17(11-30-12-19)22-6-7-23-26(34-22)27(36-35-23)24-10-20-21(13-31-14-25(20)33-24)16-4-3-5-18(29)8-16/h3-15,33H,1-2H3,(H,32,37)(H,35,36). The first kappa shape index (κ1) is 22.5. The molecule has 0 bridgehead atoms. The summed E-state index contributed by atoms with van der Waals surface area (Å²) >= 11 is 0. The minimum atomic E-state index is -0.303. The molecule has 8 nitrogen and oxygen atoms in total. The van der Waals surface area contributed by atoms with Crippen LogP contribution in [0, 0.1) is 11.7 Å². The third-order valence-electron chi connectivity index (χ3n) is 6.17. The topological polar surface area (TPSA) is 112 Å². The first-order valence-electron chi connectivity index (χ1n) is 11.8. The molecule has 37 heavy (non-hydrogen) atoms. The van der Waals surface area contributed by atoms with Crippen LogP contribution in [0.15, 0.2) is 73.3 Å². The van der Waals surface area contributed by atoms with Gasteiger partial charge >= 0.3 is 0 Å². The summed E-state index contributed by atoms with van der Waals surface area (Å²) in [6.45, 7) is 3.67. The molecule has 0 fully saturated rings. The number of nitrogens with zero attached hydrogens (tertiary/aromatic N) is 4. The smallest absolute Gasteiger partial charge is 0.226 e. The Morgan fingerprint density at radius 1 is 0.946 bits per heavy atom. The van der Waals surface area contributed by atoms with Crippen LogP contribution in [-0.4, -0.2) is 36.0 Å². The molecule has 6 rings (SSSR count). The molecule has 0 aliphatic heterocycles. The third-order valence-corrected chi connectivity index (χ3v) is 6.17. The Hall–Kier alpha value is -4.92. The molecule has 0 aliphatic carbocycles. The molecule has 1 amide bonds. The van der Waals surface area contributed by atoms with Crippen molar-refractivity contribution >= 4 is 33.5 Å². The maximum absolute atomic E-state index is 13.9. The first-order chi connectivity index (χ1) is 18.0. The number of halogens is 1. The number of aromatic nitrogens is 6. The molecule has 0 aliphatic rings. The number of anilines is 1. The highest BCUT2D eigenvalue weighted by Crippen LogP contribution is 2.34. The molecular formula is C28H22FN7O. The Balaban J connectivity index is 1.41. The van der Waals surface area contributed by atoms with Crippen molar-refractivity contribution in [1.29, 1.82) is 0 Å². The van der Waals surface area contributed by atoms with Gasteiger partial charge < -0.3 is 10.3 Å². The zero-order valence-electron chi connectivity index (χ0n) is 20.1.